The van der Waals surface area contributed by atoms with Gasteiger partial charge < -0.3 is 21.5 Å². The highest BCUT2D eigenvalue weighted by Gasteiger charge is 2.26. The van der Waals surface area contributed by atoms with Crippen LogP contribution in [0.1, 0.15) is 73.1 Å². The summed E-state index contributed by atoms with van der Waals surface area (Å²) in [5.74, 6) is -2.06. The van der Waals surface area contributed by atoms with Crippen molar-refractivity contribution >= 4 is 35.5 Å². The fourth-order valence-corrected chi connectivity index (χ4v) is 3.97. The molecule has 0 fully saturated rings. The smallest absolute Gasteiger partial charge is 0.327 e. The highest BCUT2D eigenvalue weighted by atomic mass is 32.2. The molecule has 0 aromatic heterocycles. The van der Waals surface area contributed by atoms with Crippen LogP contribution < -0.4 is 16.4 Å². The van der Waals surface area contributed by atoms with E-state index in [1.807, 2.05) is 0 Å². The number of carboxylic acid groups (broad SMARTS) is 1. The van der Waals surface area contributed by atoms with Gasteiger partial charge in [0.25, 0.3) is 0 Å². The molecule has 0 aliphatic heterocycles. The van der Waals surface area contributed by atoms with Gasteiger partial charge in [-0.3, -0.25) is 14.4 Å². The van der Waals surface area contributed by atoms with Crippen LogP contribution in [0, 0.1) is 0 Å². The monoisotopic (exact) mass is 495 g/mol. The Hall–Kier alpha value is -2.55. The standard InChI is InChI=1S/C25H41N3O5S/c1-17(2)8-6-9-18(3)10-7-11-19(4)14-15-34-16-22(25(32)33)28-24(31)21(27-20(5)29)12-13-23(26)30/h8,10,14,21-22H,6-7,9,11-13,15-16H2,1-5H3,(H2,26,30)(H,27,29)(H,28,31)(H,32,33)/b18-10+,19-14+/t21-,22-/m0/s1. The Morgan fingerprint density at radius 2 is 1.44 bits per heavy atom. The first-order chi connectivity index (χ1) is 15.9. The number of rotatable bonds is 17. The molecule has 8 nitrogen and oxygen atoms in total. The van der Waals surface area contributed by atoms with Crippen molar-refractivity contribution < 1.29 is 24.3 Å². The minimum atomic E-state index is -1.16. The zero-order valence-corrected chi connectivity index (χ0v) is 21.9. The molecule has 34 heavy (non-hydrogen) atoms. The molecule has 0 unspecified atom stereocenters. The first-order valence-corrected chi connectivity index (χ1v) is 12.7. The van der Waals surface area contributed by atoms with Gasteiger partial charge in [-0.15, -0.1) is 0 Å². The number of allylic oxidation sites excluding steroid dienone is 5. The zero-order valence-electron chi connectivity index (χ0n) is 21.1. The number of carboxylic acids is 1. The number of aliphatic carboxylic acids is 1. The van der Waals surface area contributed by atoms with E-state index in [0.717, 1.165) is 25.7 Å². The Kier molecular flexibility index (Phi) is 16.5. The van der Waals surface area contributed by atoms with Crippen LogP contribution in [0.4, 0.5) is 0 Å². The number of nitrogens with one attached hydrogen (secondary N) is 2. The van der Waals surface area contributed by atoms with Crippen LogP contribution >= 0.6 is 11.8 Å². The Morgan fingerprint density at radius 3 is 1.97 bits per heavy atom. The third-order valence-corrected chi connectivity index (χ3v) is 5.92. The van der Waals surface area contributed by atoms with Crippen LogP contribution in [0.5, 0.6) is 0 Å². The van der Waals surface area contributed by atoms with Crippen molar-refractivity contribution in [1.82, 2.24) is 10.6 Å². The summed E-state index contributed by atoms with van der Waals surface area (Å²) in [6, 6.07) is -2.13. The van der Waals surface area contributed by atoms with Crippen molar-refractivity contribution in [2.45, 2.75) is 85.2 Å². The predicted molar refractivity (Wildman–Crippen MR) is 138 cm³/mol. The lowest BCUT2D eigenvalue weighted by atomic mass is 10.1. The highest BCUT2D eigenvalue weighted by molar-refractivity contribution is 7.99. The molecule has 0 spiro atoms. The third-order valence-electron chi connectivity index (χ3n) is 4.94. The molecule has 9 heteroatoms. The van der Waals surface area contributed by atoms with Gasteiger partial charge in [0.05, 0.1) is 0 Å². The lowest BCUT2D eigenvalue weighted by Crippen LogP contribution is -2.52. The molecule has 0 bridgehead atoms. The number of amides is 3. The maximum Gasteiger partial charge on any atom is 0.327 e. The van der Waals surface area contributed by atoms with Crippen molar-refractivity contribution in [2.24, 2.45) is 5.73 Å². The molecular weight excluding hydrogens is 454 g/mol. The van der Waals surface area contributed by atoms with Crippen LogP contribution in [0.3, 0.4) is 0 Å². The fraction of sp³-hybridized carbons (Fsp3) is 0.600. The molecule has 0 saturated heterocycles. The number of nitrogens with two attached hydrogens (primary N) is 1. The van der Waals surface area contributed by atoms with E-state index in [-0.39, 0.29) is 18.6 Å². The molecule has 5 N–H and O–H groups in total. The Morgan fingerprint density at radius 1 is 0.853 bits per heavy atom. The summed E-state index contributed by atoms with van der Waals surface area (Å²) in [5.41, 5.74) is 9.06. The van der Waals surface area contributed by atoms with E-state index >= 15 is 0 Å². The molecule has 192 valence electrons. The van der Waals surface area contributed by atoms with Crippen LogP contribution in [-0.2, 0) is 19.2 Å². The summed E-state index contributed by atoms with van der Waals surface area (Å²) >= 11 is 1.40. The van der Waals surface area contributed by atoms with Gasteiger partial charge in [-0.25, -0.2) is 4.79 Å². The Balaban J connectivity index is 4.59. The number of thioether (sulfide) groups is 1. The first kappa shape index (κ1) is 31.4. The highest BCUT2D eigenvalue weighted by Crippen LogP contribution is 2.13. The molecule has 0 aromatic carbocycles. The number of hydrogen-bond donors (Lipinski definition) is 4. The molecule has 2 atom stereocenters. The summed E-state index contributed by atoms with van der Waals surface area (Å²) in [6.45, 7) is 9.66. The summed E-state index contributed by atoms with van der Waals surface area (Å²) in [4.78, 5) is 46.4. The molecule has 0 aromatic rings. The molecule has 0 aliphatic carbocycles. The van der Waals surface area contributed by atoms with Crippen LogP contribution in [0.25, 0.3) is 0 Å². The van der Waals surface area contributed by atoms with E-state index < -0.39 is 35.8 Å². The summed E-state index contributed by atoms with van der Waals surface area (Å²) < 4.78 is 0. The van der Waals surface area contributed by atoms with E-state index in [2.05, 4.69) is 56.6 Å². The van der Waals surface area contributed by atoms with Gasteiger partial charge in [0.15, 0.2) is 0 Å². The first-order valence-electron chi connectivity index (χ1n) is 11.5. The van der Waals surface area contributed by atoms with Gasteiger partial charge >= 0.3 is 5.97 Å². The molecule has 0 heterocycles. The summed E-state index contributed by atoms with van der Waals surface area (Å²) in [7, 11) is 0. The lowest BCUT2D eigenvalue weighted by Gasteiger charge is -2.20. The second kappa shape index (κ2) is 17.9. The SMILES string of the molecule is CC(=O)N[C@@H](CCC(N)=O)C(=O)N[C@@H](CSC/C=C(\C)CC/C=C(\C)CCC=C(C)C)C(=O)O. The van der Waals surface area contributed by atoms with Crippen LogP contribution in [-0.4, -0.2) is 52.4 Å². The normalized spacial score (nSPS) is 13.6. The van der Waals surface area contributed by atoms with E-state index in [4.69, 9.17) is 5.73 Å². The van der Waals surface area contributed by atoms with Crippen molar-refractivity contribution in [3.8, 4) is 0 Å². The molecule has 3 amide bonds. The van der Waals surface area contributed by atoms with Gasteiger partial charge in [-0.1, -0.05) is 34.9 Å². The largest absolute Gasteiger partial charge is 0.480 e. The van der Waals surface area contributed by atoms with Gasteiger partial charge in [-0.05, 0) is 59.8 Å². The van der Waals surface area contributed by atoms with E-state index in [0.29, 0.717) is 5.75 Å². The number of primary amides is 1. The summed E-state index contributed by atoms with van der Waals surface area (Å²) in [5, 5.41) is 14.3. The minimum absolute atomic E-state index is 0.00499. The maximum absolute atomic E-state index is 12.4. The Labute approximate surface area is 207 Å². The van der Waals surface area contributed by atoms with E-state index in [9.17, 15) is 24.3 Å². The van der Waals surface area contributed by atoms with Crippen molar-refractivity contribution in [1.29, 1.82) is 0 Å². The molecule has 0 radical (unpaired) electrons. The van der Waals surface area contributed by atoms with Gasteiger partial charge in [0.2, 0.25) is 17.7 Å². The van der Waals surface area contributed by atoms with Crippen molar-refractivity contribution in [3.05, 3.63) is 34.9 Å². The topological polar surface area (TPSA) is 139 Å². The van der Waals surface area contributed by atoms with Crippen molar-refractivity contribution in [3.63, 3.8) is 0 Å². The number of carbonyl (C=O) groups is 4. The van der Waals surface area contributed by atoms with Gasteiger partial charge in [-0.2, -0.15) is 11.8 Å². The molecule has 0 rings (SSSR count). The van der Waals surface area contributed by atoms with Crippen molar-refractivity contribution in [2.75, 3.05) is 11.5 Å². The minimum Gasteiger partial charge on any atom is -0.480 e. The second-order valence-electron chi connectivity index (χ2n) is 8.65. The van der Waals surface area contributed by atoms with Crippen LogP contribution in [0.2, 0.25) is 0 Å². The quantitative estimate of drug-likeness (QED) is 0.180. The third kappa shape index (κ3) is 17.0. The number of carbonyl (C=O) groups excluding carboxylic acids is 3. The van der Waals surface area contributed by atoms with E-state index in [1.165, 1.54) is 35.4 Å². The molecular formula is C25H41N3O5S. The lowest BCUT2D eigenvalue weighted by molar-refractivity contribution is -0.141. The van der Waals surface area contributed by atoms with Crippen LogP contribution in [0.15, 0.2) is 34.9 Å². The summed E-state index contributed by atoms with van der Waals surface area (Å²) in [6.07, 6.45) is 10.5. The maximum atomic E-state index is 12.4. The number of hydrogen-bond acceptors (Lipinski definition) is 5. The van der Waals surface area contributed by atoms with Gasteiger partial charge in [0.1, 0.15) is 12.1 Å². The van der Waals surface area contributed by atoms with E-state index in [1.54, 1.807) is 0 Å². The predicted octanol–water partition coefficient (Wildman–Crippen LogP) is 3.48. The molecule has 0 aliphatic rings. The van der Waals surface area contributed by atoms with Gasteiger partial charge in [0, 0.05) is 24.9 Å². The molecule has 0 saturated carbocycles. The zero-order chi connectivity index (χ0) is 26.1. The second-order valence-corrected chi connectivity index (χ2v) is 9.73. The Bertz CT molecular complexity index is 785. The average Bonchev–Trinajstić information content (AvgIpc) is 2.72. The average molecular weight is 496 g/mol. The fourth-order valence-electron chi connectivity index (χ4n) is 2.97.